The van der Waals surface area contributed by atoms with Crippen molar-refractivity contribution in [3.63, 3.8) is 0 Å². The van der Waals surface area contributed by atoms with Crippen LogP contribution in [0.3, 0.4) is 0 Å². The number of carbonyl (C=O) groups is 2. The lowest BCUT2D eigenvalue weighted by Gasteiger charge is -2.15. The van der Waals surface area contributed by atoms with Gasteiger partial charge in [0, 0.05) is 37.8 Å². The van der Waals surface area contributed by atoms with E-state index in [2.05, 4.69) is 10.6 Å². The smallest absolute Gasteiger partial charge is 0.253 e. The number of aryl methyl sites for hydroxylation is 1. The maximum absolute atomic E-state index is 12.0. The van der Waals surface area contributed by atoms with Crippen LogP contribution in [0.4, 0.5) is 5.69 Å². The van der Waals surface area contributed by atoms with Crippen LogP contribution < -0.4 is 10.6 Å². The third-order valence-corrected chi connectivity index (χ3v) is 3.10. The predicted octanol–water partition coefficient (Wildman–Crippen LogP) is 1.49. The molecule has 0 radical (unpaired) electrons. The number of benzene rings is 1. The average Bonchev–Trinajstić information content (AvgIpc) is 2.40. The van der Waals surface area contributed by atoms with Crippen molar-refractivity contribution in [3.8, 4) is 0 Å². The molecule has 1 aromatic carbocycles. The van der Waals surface area contributed by atoms with Crippen LogP contribution in [-0.2, 0) is 4.79 Å². The summed E-state index contributed by atoms with van der Waals surface area (Å²) < 4.78 is 0. The van der Waals surface area contributed by atoms with E-state index >= 15 is 0 Å². The molecule has 0 aliphatic heterocycles. The zero-order valence-electron chi connectivity index (χ0n) is 12.8. The van der Waals surface area contributed by atoms with E-state index in [1.54, 1.807) is 20.2 Å². The first-order chi connectivity index (χ1) is 9.36. The summed E-state index contributed by atoms with van der Waals surface area (Å²) in [6.07, 6.45) is 0. The Bertz CT molecular complexity index is 498. The van der Waals surface area contributed by atoms with Crippen molar-refractivity contribution in [2.24, 2.45) is 5.92 Å². The number of rotatable bonds is 5. The van der Waals surface area contributed by atoms with Crippen molar-refractivity contribution in [2.45, 2.75) is 13.8 Å². The molecule has 0 saturated heterocycles. The van der Waals surface area contributed by atoms with E-state index in [1.165, 1.54) is 4.90 Å². The fourth-order valence-corrected chi connectivity index (χ4v) is 1.84. The molecule has 5 heteroatoms. The van der Waals surface area contributed by atoms with Gasteiger partial charge in [-0.2, -0.15) is 0 Å². The van der Waals surface area contributed by atoms with Crippen LogP contribution in [-0.4, -0.2) is 44.4 Å². The molecular formula is C15H23N3O2. The second kappa shape index (κ2) is 7.05. The van der Waals surface area contributed by atoms with Gasteiger partial charge in [0.1, 0.15) is 0 Å². The van der Waals surface area contributed by atoms with Crippen molar-refractivity contribution in [1.82, 2.24) is 10.2 Å². The molecule has 2 N–H and O–H groups in total. The third kappa shape index (κ3) is 4.06. The summed E-state index contributed by atoms with van der Waals surface area (Å²) in [7, 11) is 5.23. The second-order valence-electron chi connectivity index (χ2n) is 5.18. The highest BCUT2D eigenvalue weighted by Gasteiger charge is 2.15. The largest absolute Gasteiger partial charge is 0.345 e. The van der Waals surface area contributed by atoms with Crippen LogP contribution in [0.15, 0.2) is 18.2 Å². The Morgan fingerprint density at radius 2 is 1.95 bits per heavy atom. The van der Waals surface area contributed by atoms with Crippen LogP contribution in [0.2, 0.25) is 0 Å². The molecule has 0 aromatic heterocycles. The topological polar surface area (TPSA) is 61.4 Å². The van der Waals surface area contributed by atoms with E-state index in [-0.39, 0.29) is 17.7 Å². The number of hydrogen-bond donors (Lipinski definition) is 2. The van der Waals surface area contributed by atoms with Crippen molar-refractivity contribution in [2.75, 3.05) is 33.0 Å². The lowest BCUT2D eigenvalue weighted by molar-refractivity contribution is -0.119. The first-order valence-electron chi connectivity index (χ1n) is 6.64. The quantitative estimate of drug-likeness (QED) is 0.857. The Hall–Kier alpha value is -1.88. The summed E-state index contributed by atoms with van der Waals surface area (Å²) in [5.41, 5.74) is 2.15. The van der Waals surface area contributed by atoms with E-state index < -0.39 is 0 Å². The number of hydrogen-bond acceptors (Lipinski definition) is 3. The molecule has 1 rings (SSSR count). The zero-order chi connectivity index (χ0) is 15.3. The van der Waals surface area contributed by atoms with Gasteiger partial charge in [-0.15, -0.1) is 0 Å². The van der Waals surface area contributed by atoms with Crippen molar-refractivity contribution in [1.29, 1.82) is 0 Å². The number of carbonyl (C=O) groups excluding carboxylic acids is 2. The van der Waals surface area contributed by atoms with Gasteiger partial charge in [-0.3, -0.25) is 9.59 Å². The Kier molecular flexibility index (Phi) is 5.70. The molecule has 1 atom stereocenters. The van der Waals surface area contributed by atoms with Crippen LogP contribution in [0.5, 0.6) is 0 Å². The third-order valence-electron chi connectivity index (χ3n) is 3.10. The number of anilines is 1. The van der Waals surface area contributed by atoms with E-state index in [0.29, 0.717) is 17.8 Å². The maximum atomic E-state index is 12.0. The molecule has 0 heterocycles. The fourth-order valence-electron chi connectivity index (χ4n) is 1.84. The average molecular weight is 277 g/mol. The molecule has 5 nitrogen and oxygen atoms in total. The predicted molar refractivity (Wildman–Crippen MR) is 80.9 cm³/mol. The lowest BCUT2D eigenvalue weighted by Crippen LogP contribution is -2.29. The van der Waals surface area contributed by atoms with Crippen LogP contribution in [0, 0.1) is 12.8 Å². The van der Waals surface area contributed by atoms with Gasteiger partial charge in [0.15, 0.2) is 0 Å². The van der Waals surface area contributed by atoms with E-state index in [0.717, 1.165) is 5.56 Å². The van der Waals surface area contributed by atoms with Crippen LogP contribution >= 0.6 is 0 Å². The highest BCUT2D eigenvalue weighted by atomic mass is 16.2. The summed E-state index contributed by atoms with van der Waals surface area (Å²) in [5.74, 6) is -0.261. The fraction of sp³-hybridized carbons (Fsp3) is 0.467. The van der Waals surface area contributed by atoms with Gasteiger partial charge in [0.2, 0.25) is 5.91 Å². The number of nitrogens with one attached hydrogen (secondary N) is 2. The monoisotopic (exact) mass is 277 g/mol. The highest BCUT2D eigenvalue weighted by molar-refractivity contribution is 5.98. The van der Waals surface area contributed by atoms with Gasteiger partial charge in [-0.1, -0.05) is 13.0 Å². The minimum atomic E-state index is -0.130. The van der Waals surface area contributed by atoms with Gasteiger partial charge in [0.25, 0.3) is 5.91 Å². The Balaban J connectivity index is 2.90. The van der Waals surface area contributed by atoms with E-state index in [9.17, 15) is 9.59 Å². The lowest BCUT2D eigenvalue weighted by atomic mass is 10.1. The summed E-state index contributed by atoms with van der Waals surface area (Å²) in [5, 5.41) is 5.80. The van der Waals surface area contributed by atoms with Crippen LogP contribution in [0.1, 0.15) is 22.8 Å². The maximum Gasteiger partial charge on any atom is 0.253 e. The molecule has 0 saturated carbocycles. The molecule has 1 unspecified atom stereocenters. The molecule has 0 spiro atoms. The van der Waals surface area contributed by atoms with Gasteiger partial charge in [-0.25, -0.2) is 0 Å². The Morgan fingerprint density at radius 1 is 1.30 bits per heavy atom. The van der Waals surface area contributed by atoms with E-state index in [1.807, 2.05) is 33.0 Å². The molecule has 110 valence electrons. The Labute approximate surface area is 120 Å². The highest BCUT2D eigenvalue weighted by Crippen LogP contribution is 2.17. The zero-order valence-corrected chi connectivity index (χ0v) is 12.8. The molecule has 0 fully saturated rings. The molecular weight excluding hydrogens is 254 g/mol. The standard InChI is InChI=1S/C15H23N3O2/c1-10-6-7-12(8-13(10)15(20)18(4)5)17-14(19)11(2)9-16-3/h6-8,11,16H,9H2,1-5H3,(H,17,19). The van der Waals surface area contributed by atoms with Gasteiger partial charge < -0.3 is 15.5 Å². The van der Waals surface area contributed by atoms with Crippen molar-refractivity contribution >= 4 is 17.5 Å². The van der Waals surface area contributed by atoms with Crippen molar-refractivity contribution in [3.05, 3.63) is 29.3 Å². The number of amides is 2. The Morgan fingerprint density at radius 3 is 2.50 bits per heavy atom. The molecule has 0 bridgehead atoms. The molecule has 20 heavy (non-hydrogen) atoms. The van der Waals surface area contributed by atoms with E-state index in [4.69, 9.17) is 0 Å². The van der Waals surface area contributed by atoms with Gasteiger partial charge >= 0.3 is 0 Å². The second-order valence-corrected chi connectivity index (χ2v) is 5.18. The summed E-state index contributed by atoms with van der Waals surface area (Å²) in [6.45, 7) is 4.35. The minimum Gasteiger partial charge on any atom is -0.345 e. The summed E-state index contributed by atoms with van der Waals surface area (Å²) in [4.78, 5) is 25.5. The van der Waals surface area contributed by atoms with Gasteiger partial charge in [0.05, 0.1) is 0 Å². The normalized spacial score (nSPS) is 11.8. The van der Waals surface area contributed by atoms with Crippen LogP contribution in [0.25, 0.3) is 0 Å². The summed E-state index contributed by atoms with van der Waals surface area (Å²) >= 11 is 0. The molecule has 1 aromatic rings. The first-order valence-corrected chi connectivity index (χ1v) is 6.64. The summed E-state index contributed by atoms with van der Waals surface area (Å²) in [6, 6.07) is 5.38. The number of nitrogens with zero attached hydrogens (tertiary/aromatic N) is 1. The minimum absolute atomic E-state index is 0.0635. The van der Waals surface area contributed by atoms with Gasteiger partial charge in [-0.05, 0) is 31.7 Å². The van der Waals surface area contributed by atoms with Crippen molar-refractivity contribution < 1.29 is 9.59 Å². The molecule has 2 amide bonds. The SMILES string of the molecule is CNCC(C)C(=O)Nc1ccc(C)c(C(=O)N(C)C)c1. The molecule has 0 aliphatic carbocycles. The molecule has 0 aliphatic rings. The first kappa shape index (κ1) is 16.2.